The van der Waals surface area contributed by atoms with Crippen LogP contribution in [0.1, 0.15) is 33.1 Å². The first-order chi connectivity index (χ1) is 10.6. The number of anilines is 1. The van der Waals surface area contributed by atoms with Crippen LogP contribution in [-0.2, 0) is 0 Å². The molecule has 0 spiro atoms. The zero-order valence-electron chi connectivity index (χ0n) is 13.9. The van der Waals surface area contributed by atoms with Gasteiger partial charge in [-0.05, 0) is 66.4 Å². The molecule has 0 heterocycles. The van der Waals surface area contributed by atoms with Crippen molar-refractivity contribution in [3.05, 3.63) is 48.6 Å². The van der Waals surface area contributed by atoms with Gasteiger partial charge in [0.15, 0.2) is 0 Å². The van der Waals surface area contributed by atoms with E-state index in [4.69, 9.17) is 4.74 Å². The monoisotopic (exact) mass is 297 g/mol. The molecule has 1 unspecified atom stereocenters. The van der Waals surface area contributed by atoms with Crippen molar-refractivity contribution >= 4 is 5.69 Å². The average Bonchev–Trinajstić information content (AvgIpc) is 2.55. The van der Waals surface area contributed by atoms with E-state index in [2.05, 4.69) is 44.0 Å². The highest BCUT2D eigenvalue weighted by atomic mass is 16.5. The van der Waals surface area contributed by atoms with E-state index in [0.717, 1.165) is 29.7 Å². The minimum atomic E-state index is 0.358. The number of rotatable bonds is 6. The zero-order chi connectivity index (χ0) is 15.7. The lowest BCUT2D eigenvalue weighted by molar-refractivity contribution is -0.00906. The summed E-state index contributed by atoms with van der Waals surface area (Å²) in [5.41, 5.74) is 3.20. The van der Waals surface area contributed by atoms with Crippen molar-refractivity contribution < 1.29 is 4.74 Å². The fourth-order valence-electron chi connectivity index (χ4n) is 4.12. The van der Waals surface area contributed by atoms with Crippen LogP contribution >= 0.6 is 0 Å². The number of allylic oxidation sites excluding steroid dienone is 1. The molecule has 0 aromatic heterocycles. The van der Waals surface area contributed by atoms with Crippen molar-refractivity contribution in [1.29, 1.82) is 0 Å². The normalized spacial score (nSPS) is 26.4. The second-order valence-electron chi connectivity index (χ2n) is 7.20. The fourth-order valence-corrected chi connectivity index (χ4v) is 4.12. The van der Waals surface area contributed by atoms with E-state index in [0.29, 0.717) is 11.5 Å². The second kappa shape index (κ2) is 5.83. The molecule has 1 saturated carbocycles. The van der Waals surface area contributed by atoms with E-state index in [9.17, 15) is 0 Å². The fraction of sp³-hybridized carbons (Fsp3) is 0.500. The highest BCUT2D eigenvalue weighted by Crippen LogP contribution is 2.60. The van der Waals surface area contributed by atoms with Gasteiger partial charge in [0.2, 0.25) is 0 Å². The van der Waals surface area contributed by atoms with Gasteiger partial charge < -0.3 is 10.1 Å². The van der Waals surface area contributed by atoms with Gasteiger partial charge in [-0.1, -0.05) is 26.0 Å². The van der Waals surface area contributed by atoms with Crippen molar-refractivity contribution in [2.45, 2.75) is 39.2 Å². The quantitative estimate of drug-likeness (QED) is 0.742. The third-order valence-electron chi connectivity index (χ3n) is 5.75. The molecule has 2 heteroatoms. The summed E-state index contributed by atoms with van der Waals surface area (Å²) in [5.74, 6) is 2.50. The molecule has 3 aliphatic rings. The van der Waals surface area contributed by atoms with Gasteiger partial charge in [0.25, 0.3) is 0 Å². The first kappa shape index (κ1) is 15.2. The molecule has 1 N–H and O–H groups in total. The topological polar surface area (TPSA) is 21.3 Å². The van der Waals surface area contributed by atoms with E-state index in [1.54, 1.807) is 12.7 Å². The van der Waals surface area contributed by atoms with Gasteiger partial charge in [-0.3, -0.25) is 0 Å². The molecule has 0 aliphatic heterocycles. The maximum Gasteiger partial charge on any atom is 0.119 e. The van der Waals surface area contributed by atoms with Crippen LogP contribution in [0.15, 0.2) is 48.6 Å². The van der Waals surface area contributed by atoms with Gasteiger partial charge in [-0.2, -0.15) is 0 Å². The summed E-state index contributed by atoms with van der Waals surface area (Å²) >= 11 is 0. The van der Waals surface area contributed by atoms with Crippen LogP contribution in [0.5, 0.6) is 5.75 Å². The number of nitrogens with one attached hydrogen (secondary N) is 1. The molecule has 118 valence electrons. The Morgan fingerprint density at radius 1 is 1.36 bits per heavy atom. The number of hydrogen-bond acceptors (Lipinski definition) is 2. The van der Waals surface area contributed by atoms with Crippen LogP contribution < -0.4 is 10.1 Å². The summed E-state index contributed by atoms with van der Waals surface area (Å²) in [5, 5.41) is 3.70. The maximum atomic E-state index is 5.23. The highest BCUT2D eigenvalue weighted by Gasteiger charge is 2.52. The molecular formula is C20H27NO. The summed E-state index contributed by atoms with van der Waals surface area (Å²) in [7, 11) is 1.70. The first-order valence-electron chi connectivity index (χ1n) is 8.27. The Morgan fingerprint density at radius 3 is 2.64 bits per heavy atom. The van der Waals surface area contributed by atoms with Crippen molar-refractivity contribution in [3.63, 3.8) is 0 Å². The molecular weight excluding hydrogens is 270 g/mol. The van der Waals surface area contributed by atoms with Gasteiger partial charge >= 0.3 is 0 Å². The van der Waals surface area contributed by atoms with Crippen molar-refractivity contribution in [2.24, 2.45) is 17.3 Å². The largest absolute Gasteiger partial charge is 0.497 e. The highest BCUT2D eigenvalue weighted by molar-refractivity contribution is 5.49. The number of benzene rings is 1. The third kappa shape index (κ3) is 2.55. The summed E-state index contributed by atoms with van der Waals surface area (Å²) in [6.07, 6.45) is 8.07. The van der Waals surface area contributed by atoms with Crippen LogP contribution in [0, 0.1) is 17.3 Å². The molecule has 3 aliphatic carbocycles. The summed E-state index contributed by atoms with van der Waals surface area (Å²) in [6, 6.07) is 8.55. The van der Waals surface area contributed by atoms with Gasteiger partial charge in [0, 0.05) is 5.69 Å². The smallest absolute Gasteiger partial charge is 0.119 e. The predicted octanol–water partition coefficient (Wildman–Crippen LogP) is 5.04. The Kier molecular flexibility index (Phi) is 4.03. The van der Waals surface area contributed by atoms with Crippen molar-refractivity contribution in [3.8, 4) is 5.75 Å². The molecule has 4 rings (SSSR count). The molecule has 2 nitrogen and oxygen atoms in total. The number of hydrogen-bond donors (Lipinski definition) is 1. The summed E-state index contributed by atoms with van der Waals surface area (Å²) in [6.45, 7) is 8.81. The van der Waals surface area contributed by atoms with E-state index in [1.807, 2.05) is 18.2 Å². The molecule has 0 amide bonds. The van der Waals surface area contributed by atoms with Gasteiger partial charge in [-0.15, -0.1) is 6.58 Å². The Morgan fingerprint density at radius 2 is 2.09 bits per heavy atom. The molecule has 3 atom stereocenters. The Labute approximate surface area is 134 Å². The first-order valence-corrected chi connectivity index (χ1v) is 8.27. The average molecular weight is 297 g/mol. The molecule has 0 saturated heterocycles. The number of ether oxygens (including phenoxy) is 1. The van der Waals surface area contributed by atoms with Gasteiger partial charge in [0.1, 0.15) is 5.75 Å². The van der Waals surface area contributed by atoms with Crippen LogP contribution in [0.3, 0.4) is 0 Å². The predicted molar refractivity (Wildman–Crippen MR) is 93.3 cm³/mol. The Hall–Kier alpha value is -1.70. The summed E-state index contributed by atoms with van der Waals surface area (Å²) in [4.78, 5) is 0. The zero-order valence-corrected chi connectivity index (χ0v) is 13.9. The van der Waals surface area contributed by atoms with Crippen LogP contribution in [0.25, 0.3) is 0 Å². The third-order valence-corrected chi connectivity index (χ3v) is 5.75. The second-order valence-corrected chi connectivity index (χ2v) is 7.20. The minimum Gasteiger partial charge on any atom is -0.497 e. The molecule has 1 aromatic rings. The molecule has 0 radical (unpaired) electrons. The van der Waals surface area contributed by atoms with Crippen LogP contribution in [-0.4, -0.2) is 13.2 Å². The maximum absolute atomic E-state index is 5.23. The lowest BCUT2D eigenvalue weighted by Gasteiger charge is -2.57. The van der Waals surface area contributed by atoms with Crippen molar-refractivity contribution in [1.82, 2.24) is 0 Å². The molecule has 1 fully saturated rings. The lowest BCUT2D eigenvalue weighted by atomic mass is 9.48. The van der Waals surface area contributed by atoms with Gasteiger partial charge in [0.05, 0.1) is 13.2 Å². The van der Waals surface area contributed by atoms with E-state index >= 15 is 0 Å². The Balaban J connectivity index is 1.78. The molecule has 2 bridgehead atoms. The van der Waals surface area contributed by atoms with Crippen LogP contribution in [0.4, 0.5) is 5.69 Å². The molecule has 22 heavy (non-hydrogen) atoms. The SMILES string of the molecule is C=CCC(Nc1ccc(OC)cc1)C1=CC[C@H]2C[C@@H]1C2(C)C. The lowest BCUT2D eigenvalue weighted by Crippen LogP contribution is -2.50. The number of fused-ring (bicyclic) bond motifs is 1. The summed E-state index contributed by atoms with van der Waals surface area (Å²) < 4.78 is 5.23. The van der Waals surface area contributed by atoms with E-state index < -0.39 is 0 Å². The standard InChI is InChI=1S/C20H27NO/c1-5-6-19(21-15-8-10-16(22-4)11-9-15)17-12-7-14-13-18(17)20(14,2)3/h5,8-12,14,18-19,21H,1,6-7,13H2,2-4H3/t14-,18-,19?/m0/s1. The molecule has 1 aromatic carbocycles. The van der Waals surface area contributed by atoms with Gasteiger partial charge in [-0.25, -0.2) is 0 Å². The van der Waals surface area contributed by atoms with E-state index in [-0.39, 0.29) is 0 Å². The minimum absolute atomic E-state index is 0.358. The van der Waals surface area contributed by atoms with Crippen molar-refractivity contribution in [2.75, 3.05) is 12.4 Å². The Bertz CT molecular complexity index is 570. The van der Waals surface area contributed by atoms with Crippen LogP contribution in [0.2, 0.25) is 0 Å². The number of methoxy groups -OCH3 is 1. The van der Waals surface area contributed by atoms with E-state index in [1.165, 1.54) is 12.8 Å².